The number of rotatable bonds is 4. The Morgan fingerprint density at radius 1 is 1.21 bits per heavy atom. The maximum Gasteiger partial charge on any atom is 0.261 e. The van der Waals surface area contributed by atoms with Crippen LogP contribution in [-0.2, 0) is 0 Å². The molecule has 0 aliphatic rings. The van der Waals surface area contributed by atoms with Gasteiger partial charge in [0.1, 0.15) is 16.7 Å². The van der Waals surface area contributed by atoms with E-state index in [9.17, 15) is 9.90 Å². The zero-order valence-electron chi connectivity index (χ0n) is 15.4. The monoisotopic (exact) mass is 426 g/mol. The van der Waals surface area contributed by atoms with Crippen LogP contribution < -0.4 is 10.1 Å². The molecule has 9 heteroatoms. The number of hydrogen-bond acceptors (Lipinski definition) is 7. The number of amides is 1. The van der Waals surface area contributed by atoms with E-state index in [2.05, 4.69) is 20.3 Å². The molecule has 1 aromatic carbocycles. The topological polar surface area (TPSA) is 97.2 Å². The molecule has 2 N–H and O–H groups in total. The Bertz CT molecular complexity index is 1240. The molecule has 3 heterocycles. The minimum atomic E-state index is -0.445. The Balaban J connectivity index is 1.78. The lowest BCUT2D eigenvalue weighted by atomic mass is 10.0. The van der Waals surface area contributed by atoms with Crippen molar-refractivity contribution in [2.75, 3.05) is 12.4 Å². The maximum absolute atomic E-state index is 13.1. The lowest BCUT2D eigenvalue weighted by molar-refractivity contribution is 0.102. The van der Waals surface area contributed by atoms with Crippen molar-refractivity contribution in [2.24, 2.45) is 0 Å². The van der Waals surface area contributed by atoms with Gasteiger partial charge < -0.3 is 9.84 Å². The van der Waals surface area contributed by atoms with Gasteiger partial charge in [-0.3, -0.25) is 15.1 Å². The molecule has 4 aromatic rings. The number of halogens is 1. The molecule has 29 heavy (non-hydrogen) atoms. The number of ether oxygens (including phenoxy) is 1. The van der Waals surface area contributed by atoms with Crippen LogP contribution in [0, 0.1) is 6.92 Å². The number of hydrogen-bond donors (Lipinski definition) is 2. The number of carbonyl (C=O) groups excluding carboxylic acids is 1. The van der Waals surface area contributed by atoms with Crippen molar-refractivity contribution >= 4 is 44.2 Å². The number of fused-ring (bicyclic) bond motifs is 1. The molecule has 4 rings (SSSR count). The minimum Gasteiger partial charge on any atom is -0.508 e. The molecule has 0 spiro atoms. The normalized spacial score (nSPS) is 10.9. The predicted molar refractivity (Wildman–Crippen MR) is 113 cm³/mol. The fourth-order valence-corrected chi connectivity index (χ4v) is 4.12. The molecule has 0 atom stereocenters. The molecule has 0 aliphatic heterocycles. The van der Waals surface area contributed by atoms with Gasteiger partial charge >= 0.3 is 0 Å². The van der Waals surface area contributed by atoms with Gasteiger partial charge in [-0.05, 0) is 31.2 Å². The van der Waals surface area contributed by atoms with E-state index in [1.807, 2.05) is 0 Å². The number of carbonyl (C=O) groups is 1. The summed E-state index contributed by atoms with van der Waals surface area (Å²) in [6.07, 6.45) is 3.18. The van der Waals surface area contributed by atoms with Gasteiger partial charge in [-0.2, -0.15) is 0 Å². The quantitative estimate of drug-likeness (QED) is 0.460. The molecule has 0 aliphatic carbocycles. The lowest BCUT2D eigenvalue weighted by Gasteiger charge is -2.14. The lowest BCUT2D eigenvalue weighted by Crippen LogP contribution is -2.15. The first kappa shape index (κ1) is 19.1. The molecule has 0 bridgehead atoms. The second kappa shape index (κ2) is 7.65. The number of pyridine rings is 2. The summed E-state index contributed by atoms with van der Waals surface area (Å²) in [5, 5.41) is 12.9. The van der Waals surface area contributed by atoms with Gasteiger partial charge in [0.15, 0.2) is 5.13 Å². The largest absolute Gasteiger partial charge is 0.508 e. The van der Waals surface area contributed by atoms with Crippen LogP contribution in [0.4, 0.5) is 5.13 Å². The van der Waals surface area contributed by atoms with Crippen molar-refractivity contribution in [3.63, 3.8) is 0 Å². The number of aromatic hydroxyl groups is 1. The Kier molecular flexibility index (Phi) is 5.04. The van der Waals surface area contributed by atoms with Crippen molar-refractivity contribution in [2.45, 2.75) is 6.92 Å². The van der Waals surface area contributed by atoms with E-state index in [4.69, 9.17) is 16.3 Å². The molecule has 146 valence electrons. The predicted octanol–water partition coefficient (Wildman–Crippen LogP) is 4.68. The van der Waals surface area contributed by atoms with Crippen LogP contribution in [0.15, 0.2) is 42.7 Å². The van der Waals surface area contributed by atoms with Crippen molar-refractivity contribution in [1.82, 2.24) is 15.0 Å². The van der Waals surface area contributed by atoms with Gasteiger partial charge in [-0.15, -0.1) is 0 Å². The summed E-state index contributed by atoms with van der Waals surface area (Å²) in [4.78, 5) is 25.7. The minimum absolute atomic E-state index is 0.0788. The Morgan fingerprint density at radius 3 is 2.83 bits per heavy atom. The number of phenols is 1. The maximum atomic E-state index is 13.1. The standard InChI is InChI=1S/C20H15ClN4O3S/c1-10-7-13(12-5-6-22-9-15(12)28-2)17(18(21)23-10)19(27)25-20-24-14-8-11(26)3-4-16(14)29-20/h3-9,26H,1-2H3,(H,24,25,27). The third kappa shape index (κ3) is 3.72. The molecule has 0 fully saturated rings. The number of nitrogens with one attached hydrogen (secondary N) is 1. The number of aromatic nitrogens is 3. The van der Waals surface area contributed by atoms with E-state index in [-0.39, 0.29) is 16.5 Å². The third-order valence-electron chi connectivity index (χ3n) is 4.22. The highest BCUT2D eigenvalue weighted by Crippen LogP contribution is 2.36. The van der Waals surface area contributed by atoms with E-state index in [1.54, 1.807) is 43.6 Å². The van der Waals surface area contributed by atoms with Crippen LogP contribution in [0.5, 0.6) is 11.5 Å². The summed E-state index contributed by atoms with van der Waals surface area (Å²) in [7, 11) is 1.53. The van der Waals surface area contributed by atoms with E-state index in [0.29, 0.717) is 33.2 Å². The SMILES string of the molecule is COc1cnccc1-c1cc(C)nc(Cl)c1C(=O)Nc1nc2cc(O)ccc2s1. The van der Waals surface area contributed by atoms with Crippen LogP contribution in [0.1, 0.15) is 16.1 Å². The first-order chi connectivity index (χ1) is 14.0. The van der Waals surface area contributed by atoms with Crippen LogP contribution in [0.2, 0.25) is 5.15 Å². The van der Waals surface area contributed by atoms with Crippen LogP contribution >= 0.6 is 22.9 Å². The van der Waals surface area contributed by atoms with E-state index >= 15 is 0 Å². The van der Waals surface area contributed by atoms with Crippen LogP contribution in [0.25, 0.3) is 21.3 Å². The highest BCUT2D eigenvalue weighted by molar-refractivity contribution is 7.22. The number of aryl methyl sites for hydroxylation is 1. The number of methoxy groups -OCH3 is 1. The summed E-state index contributed by atoms with van der Waals surface area (Å²) in [6, 6.07) is 8.37. The second-order valence-electron chi connectivity index (χ2n) is 6.18. The third-order valence-corrected chi connectivity index (χ3v) is 5.44. The van der Waals surface area contributed by atoms with Crippen LogP contribution in [0.3, 0.4) is 0 Å². The fourth-order valence-electron chi connectivity index (χ4n) is 2.96. The smallest absolute Gasteiger partial charge is 0.261 e. The molecular formula is C20H15ClN4O3S. The Labute approximate surface area is 175 Å². The molecule has 0 unspecified atom stereocenters. The highest BCUT2D eigenvalue weighted by Gasteiger charge is 2.22. The van der Waals surface area contributed by atoms with Crippen LogP contribution in [-0.4, -0.2) is 33.1 Å². The van der Waals surface area contributed by atoms with E-state index in [1.165, 1.54) is 24.5 Å². The molecule has 0 radical (unpaired) electrons. The molecule has 0 saturated carbocycles. The zero-order chi connectivity index (χ0) is 20.5. The van der Waals surface area contributed by atoms with E-state index in [0.717, 1.165) is 4.70 Å². The van der Waals surface area contributed by atoms with Crippen molar-refractivity contribution in [1.29, 1.82) is 0 Å². The summed E-state index contributed by atoms with van der Waals surface area (Å²) in [5.74, 6) is 0.178. The first-order valence-electron chi connectivity index (χ1n) is 8.52. The number of thiazole rings is 1. The summed E-state index contributed by atoms with van der Waals surface area (Å²) < 4.78 is 6.23. The van der Waals surface area contributed by atoms with Gasteiger partial charge in [-0.25, -0.2) is 9.97 Å². The number of nitrogens with zero attached hydrogens (tertiary/aromatic N) is 3. The molecule has 0 saturated heterocycles. The Hall–Kier alpha value is -3.23. The van der Waals surface area contributed by atoms with Crippen molar-refractivity contribution in [3.05, 3.63) is 59.1 Å². The fraction of sp³-hybridized carbons (Fsp3) is 0.100. The van der Waals surface area contributed by atoms with Gasteiger partial charge in [-0.1, -0.05) is 22.9 Å². The van der Waals surface area contributed by atoms with Gasteiger partial charge in [0, 0.05) is 29.1 Å². The number of phenolic OH excluding ortho intramolecular Hbond substituents is 1. The second-order valence-corrected chi connectivity index (χ2v) is 7.57. The molecular weight excluding hydrogens is 412 g/mol. The molecule has 7 nitrogen and oxygen atoms in total. The van der Waals surface area contributed by atoms with Gasteiger partial charge in [0.25, 0.3) is 5.91 Å². The molecule has 1 amide bonds. The summed E-state index contributed by atoms with van der Waals surface area (Å²) in [5.41, 5.74) is 2.72. The van der Waals surface area contributed by atoms with E-state index < -0.39 is 5.91 Å². The first-order valence-corrected chi connectivity index (χ1v) is 9.72. The summed E-state index contributed by atoms with van der Waals surface area (Å²) >= 11 is 7.66. The highest BCUT2D eigenvalue weighted by atomic mass is 35.5. The average Bonchev–Trinajstić information content (AvgIpc) is 3.08. The summed E-state index contributed by atoms with van der Waals surface area (Å²) in [6.45, 7) is 1.80. The number of benzene rings is 1. The van der Waals surface area contributed by atoms with Crippen molar-refractivity contribution in [3.8, 4) is 22.6 Å². The Morgan fingerprint density at radius 2 is 2.03 bits per heavy atom. The van der Waals surface area contributed by atoms with Gasteiger partial charge in [0.2, 0.25) is 0 Å². The van der Waals surface area contributed by atoms with Gasteiger partial charge in [0.05, 0.1) is 29.1 Å². The number of anilines is 1. The zero-order valence-corrected chi connectivity index (χ0v) is 17.0. The molecule has 3 aromatic heterocycles. The average molecular weight is 427 g/mol. The van der Waals surface area contributed by atoms with Crippen molar-refractivity contribution < 1.29 is 14.6 Å².